The van der Waals surface area contributed by atoms with Crippen LogP contribution < -0.4 is 20.9 Å². The van der Waals surface area contributed by atoms with E-state index >= 15 is 4.39 Å². The second-order valence-electron chi connectivity index (χ2n) is 10.1. The van der Waals surface area contributed by atoms with Gasteiger partial charge < -0.3 is 19.1 Å². The Bertz CT molecular complexity index is 1380. The number of rotatable bonds is 11. The molecule has 2 fully saturated rings. The molecule has 6 unspecified atom stereocenters. The van der Waals surface area contributed by atoms with Gasteiger partial charge in [-0.1, -0.05) is 30.2 Å². The standard InChI is InChI=1S/C25H32ClFN3O9P/c1-14(2)37-22(33)15(3)29-40(35,39-18-9-5-8-17(12-18)16-6-4-7-16)36-13-19-21(32)25(26,27)23(38-19)30-11-10-20(31)28-24(30)34/h5,8-12,14-16,19,21,23,32H,4,6-7,13H2,1-3H3,(H,29,35)(H,28,31,34). The summed E-state index contributed by atoms with van der Waals surface area (Å²) in [4.78, 5) is 37.9. The molecule has 4 rings (SSSR count). The minimum absolute atomic E-state index is 0.201. The molecule has 2 aliphatic rings. The third-order valence-electron chi connectivity index (χ3n) is 6.61. The topological polar surface area (TPSA) is 158 Å². The fourth-order valence-corrected chi connectivity index (χ4v) is 6.10. The molecule has 6 atom stereocenters. The molecule has 1 aliphatic heterocycles. The van der Waals surface area contributed by atoms with Gasteiger partial charge in [-0.3, -0.25) is 23.7 Å². The minimum atomic E-state index is -4.39. The number of benzene rings is 1. The highest BCUT2D eigenvalue weighted by Gasteiger charge is 2.58. The number of aliphatic hydroxyl groups excluding tert-OH is 1. The number of aromatic nitrogens is 2. The summed E-state index contributed by atoms with van der Waals surface area (Å²) in [7, 11) is -4.39. The highest BCUT2D eigenvalue weighted by Crippen LogP contribution is 2.49. The molecule has 2 heterocycles. The fourth-order valence-electron chi connectivity index (χ4n) is 4.31. The van der Waals surface area contributed by atoms with Gasteiger partial charge in [0.15, 0.2) is 6.23 Å². The first-order valence-electron chi connectivity index (χ1n) is 12.8. The normalized spacial score (nSPS) is 27.1. The second kappa shape index (κ2) is 12.1. The molecular formula is C25H32ClFN3O9P. The lowest BCUT2D eigenvalue weighted by atomic mass is 9.80. The van der Waals surface area contributed by atoms with E-state index < -0.39 is 67.3 Å². The number of esters is 1. The summed E-state index contributed by atoms with van der Waals surface area (Å²) < 4.78 is 51.8. The SMILES string of the molecule is CC(C)OC(=O)C(C)NP(=O)(OCC1OC(n2ccc(=O)[nH]c2=O)C(F)(Cl)C1O)Oc1cccc(C2CCC2)c1. The van der Waals surface area contributed by atoms with Crippen LogP contribution in [0.3, 0.4) is 0 Å². The number of hydrogen-bond donors (Lipinski definition) is 3. The molecule has 0 bridgehead atoms. The smallest absolute Gasteiger partial charge is 0.459 e. The predicted octanol–water partition coefficient (Wildman–Crippen LogP) is 3.10. The lowest BCUT2D eigenvalue weighted by molar-refractivity contribution is -0.149. The van der Waals surface area contributed by atoms with E-state index in [2.05, 4.69) is 5.09 Å². The van der Waals surface area contributed by atoms with E-state index in [4.69, 9.17) is 30.1 Å². The Hall–Kier alpha value is -2.54. The number of nitrogens with one attached hydrogen (secondary N) is 2. The summed E-state index contributed by atoms with van der Waals surface area (Å²) in [6, 6.07) is 6.78. The first-order chi connectivity index (χ1) is 18.8. The summed E-state index contributed by atoms with van der Waals surface area (Å²) in [5.41, 5.74) is -0.751. The predicted molar refractivity (Wildman–Crippen MR) is 142 cm³/mol. The number of H-pyrrole nitrogens is 1. The summed E-state index contributed by atoms with van der Waals surface area (Å²) in [5, 5.41) is 10.1. The van der Waals surface area contributed by atoms with Crippen LogP contribution in [0.5, 0.6) is 5.75 Å². The van der Waals surface area contributed by atoms with Crippen molar-refractivity contribution in [3.63, 3.8) is 0 Å². The highest BCUT2D eigenvalue weighted by molar-refractivity contribution is 7.52. The molecule has 1 aliphatic carbocycles. The molecule has 3 N–H and O–H groups in total. The van der Waals surface area contributed by atoms with Gasteiger partial charge in [0.1, 0.15) is 24.0 Å². The molecule has 220 valence electrons. The Morgan fingerprint density at radius 1 is 1.32 bits per heavy atom. The zero-order valence-electron chi connectivity index (χ0n) is 22.1. The molecule has 40 heavy (non-hydrogen) atoms. The third kappa shape index (κ3) is 6.84. The van der Waals surface area contributed by atoms with E-state index in [1.165, 1.54) is 6.92 Å². The molecule has 1 aromatic heterocycles. The van der Waals surface area contributed by atoms with Gasteiger partial charge in [-0.25, -0.2) is 13.8 Å². The van der Waals surface area contributed by atoms with E-state index in [1.807, 2.05) is 11.1 Å². The average Bonchev–Trinajstić information content (AvgIpc) is 3.05. The van der Waals surface area contributed by atoms with Crippen molar-refractivity contribution in [1.82, 2.24) is 14.6 Å². The summed E-state index contributed by atoms with van der Waals surface area (Å²) in [6.45, 7) is 4.00. The minimum Gasteiger partial charge on any atom is -0.462 e. The van der Waals surface area contributed by atoms with Crippen LogP contribution in [0.2, 0.25) is 0 Å². The lowest BCUT2D eigenvalue weighted by Gasteiger charge is -2.27. The van der Waals surface area contributed by atoms with Crippen molar-refractivity contribution < 1.29 is 37.4 Å². The molecular weight excluding hydrogens is 572 g/mol. The van der Waals surface area contributed by atoms with Gasteiger partial charge in [-0.2, -0.15) is 5.09 Å². The Morgan fingerprint density at radius 3 is 2.67 bits per heavy atom. The number of halogens is 2. The maximum absolute atomic E-state index is 15.4. The average molecular weight is 604 g/mol. The molecule has 1 saturated carbocycles. The monoisotopic (exact) mass is 603 g/mol. The van der Waals surface area contributed by atoms with Crippen LogP contribution in [0.1, 0.15) is 57.7 Å². The van der Waals surface area contributed by atoms with Crippen molar-refractivity contribution in [1.29, 1.82) is 0 Å². The van der Waals surface area contributed by atoms with E-state index in [0.29, 0.717) is 10.5 Å². The van der Waals surface area contributed by atoms with Crippen molar-refractivity contribution >= 4 is 25.3 Å². The molecule has 0 radical (unpaired) electrons. The van der Waals surface area contributed by atoms with Crippen LogP contribution in [0.15, 0.2) is 46.1 Å². The number of alkyl halides is 2. The number of ether oxygens (including phenoxy) is 2. The fraction of sp³-hybridized carbons (Fsp3) is 0.560. The maximum atomic E-state index is 15.4. The summed E-state index contributed by atoms with van der Waals surface area (Å²) in [5.74, 6) is -0.162. The number of hydrogen-bond acceptors (Lipinski definition) is 9. The van der Waals surface area contributed by atoms with Crippen LogP contribution in [-0.4, -0.2) is 56.7 Å². The quantitative estimate of drug-likeness (QED) is 0.198. The zero-order chi connectivity index (χ0) is 29.2. The summed E-state index contributed by atoms with van der Waals surface area (Å²) >= 11 is 5.92. The van der Waals surface area contributed by atoms with E-state index in [-0.39, 0.29) is 5.75 Å². The molecule has 12 nitrogen and oxygen atoms in total. The van der Waals surface area contributed by atoms with Crippen LogP contribution in [-0.2, 0) is 23.4 Å². The highest BCUT2D eigenvalue weighted by atomic mass is 35.5. The molecule has 0 amide bonds. The van der Waals surface area contributed by atoms with Crippen molar-refractivity contribution in [3.8, 4) is 5.75 Å². The third-order valence-corrected chi connectivity index (χ3v) is 8.66. The molecule has 2 aromatic rings. The van der Waals surface area contributed by atoms with Crippen molar-refractivity contribution in [2.75, 3.05) is 6.61 Å². The Kier molecular flexibility index (Phi) is 9.23. The second-order valence-corrected chi connectivity index (χ2v) is 12.4. The molecule has 15 heteroatoms. The maximum Gasteiger partial charge on any atom is 0.459 e. The molecule has 1 saturated heterocycles. The largest absolute Gasteiger partial charge is 0.462 e. The van der Waals surface area contributed by atoms with E-state index in [9.17, 15) is 24.1 Å². The van der Waals surface area contributed by atoms with E-state index in [0.717, 1.165) is 37.1 Å². The lowest BCUT2D eigenvalue weighted by Crippen LogP contribution is -2.42. The van der Waals surface area contributed by atoms with Crippen LogP contribution in [0, 0.1) is 0 Å². The number of nitrogens with zero attached hydrogens (tertiary/aromatic N) is 1. The Labute approximate surface area is 234 Å². The Balaban J connectivity index is 1.54. The van der Waals surface area contributed by atoms with Crippen molar-refractivity contribution in [2.24, 2.45) is 0 Å². The van der Waals surface area contributed by atoms with Gasteiger partial charge in [-0.05, 0) is 57.2 Å². The van der Waals surface area contributed by atoms with Crippen molar-refractivity contribution in [3.05, 3.63) is 62.9 Å². The van der Waals surface area contributed by atoms with Crippen molar-refractivity contribution in [2.45, 2.75) is 81.7 Å². The summed E-state index contributed by atoms with van der Waals surface area (Å²) in [6.07, 6.45) is -1.74. The molecule has 1 aromatic carbocycles. The first kappa shape index (κ1) is 30.4. The first-order valence-corrected chi connectivity index (χ1v) is 14.8. The zero-order valence-corrected chi connectivity index (χ0v) is 23.8. The number of carbonyl (C=O) groups excluding carboxylic acids is 1. The molecule has 0 spiro atoms. The van der Waals surface area contributed by atoms with Crippen LogP contribution >= 0.6 is 19.3 Å². The number of carbonyl (C=O) groups is 1. The van der Waals surface area contributed by atoms with Gasteiger partial charge in [0, 0.05) is 12.3 Å². The van der Waals surface area contributed by atoms with Gasteiger partial charge in [0.05, 0.1) is 12.7 Å². The number of aliphatic hydroxyl groups is 1. The van der Waals surface area contributed by atoms with Crippen LogP contribution in [0.25, 0.3) is 0 Å². The van der Waals surface area contributed by atoms with Crippen LogP contribution in [0.4, 0.5) is 4.39 Å². The number of aromatic amines is 1. The van der Waals surface area contributed by atoms with Gasteiger partial charge >= 0.3 is 19.4 Å². The van der Waals surface area contributed by atoms with Gasteiger partial charge in [-0.15, -0.1) is 0 Å². The van der Waals surface area contributed by atoms with E-state index in [1.54, 1.807) is 32.0 Å². The van der Waals surface area contributed by atoms with Gasteiger partial charge in [0.2, 0.25) is 0 Å². The Morgan fingerprint density at radius 2 is 2.05 bits per heavy atom. The van der Waals surface area contributed by atoms with Gasteiger partial charge in [0.25, 0.3) is 10.7 Å².